The van der Waals surface area contributed by atoms with Crippen molar-refractivity contribution in [2.24, 2.45) is 0 Å². The molecule has 8 heteroatoms. The summed E-state index contributed by atoms with van der Waals surface area (Å²) in [5.41, 5.74) is -0.936. The number of benzene rings is 2. The van der Waals surface area contributed by atoms with Gasteiger partial charge in [-0.3, -0.25) is 4.79 Å². The third kappa shape index (κ3) is 5.45. The summed E-state index contributed by atoms with van der Waals surface area (Å²) in [7, 11) is 1.45. The van der Waals surface area contributed by atoms with E-state index in [2.05, 4.69) is 5.32 Å². The number of nitrogens with one attached hydrogen (secondary N) is 1. The van der Waals surface area contributed by atoms with Crippen molar-refractivity contribution in [3.05, 3.63) is 59.4 Å². The van der Waals surface area contributed by atoms with Crippen molar-refractivity contribution in [1.29, 1.82) is 0 Å². The van der Waals surface area contributed by atoms with Crippen LogP contribution in [0.4, 0.5) is 23.2 Å². The molecule has 1 N–H and O–H groups in total. The van der Waals surface area contributed by atoms with Gasteiger partial charge in [-0.15, -0.1) is 0 Å². The molecule has 0 aromatic heterocycles. The quantitative estimate of drug-likeness (QED) is 0.590. The van der Waals surface area contributed by atoms with E-state index in [1.165, 1.54) is 25.3 Å². The third-order valence-electron chi connectivity index (χ3n) is 3.43. The van der Waals surface area contributed by atoms with E-state index >= 15 is 0 Å². The van der Waals surface area contributed by atoms with Crippen LogP contribution < -0.4 is 10.1 Å². The Hall–Kier alpha value is -2.61. The lowest BCUT2D eigenvalue weighted by atomic mass is 10.1. The highest BCUT2D eigenvalue weighted by atomic mass is 19.4. The molecule has 1 amide bonds. The van der Waals surface area contributed by atoms with E-state index < -0.39 is 23.5 Å². The number of halogens is 4. The van der Waals surface area contributed by atoms with Gasteiger partial charge in [-0.1, -0.05) is 18.2 Å². The van der Waals surface area contributed by atoms with Gasteiger partial charge in [-0.05, 0) is 29.8 Å². The topological polar surface area (TPSA) is 47.6 Å². The summed E-state index contributed by atoms with van der Waals surface area (Å²) in [5.74, 6) is -1.16. The highest BCUT2D eigenvalue weighted by molar-refractivity contribution is 5.93. The van der Waals surface area contributed by atoms with Crippen LogP contribution in [-0.4, -0.2) is 26.2 Å². The van der Waals surface area contributed by atoms with E-state index in [4.69, 9.17) is 9.47 Å². The van der Waals surface area contributed by atoms with Gasteiger partial charge in [0.2, 0.25) is 5.91 Å². The summed E-state index contributed by atoms with van der Waals surface area (Å²) in [6.45, 7) is 0.321. The highest BCUT2D eigenvalue weighted by Crippen LogP contribution is 2.35. The second-order valence-corrected chi connectivity index (χ2v) is 5.37. The lowest BCUT2D eigenvalue weighted by molar-refractivity contribution is -0.137. The Kier molecular flexibility index (Phi) is 6.57. The van der Waals surface area contributed by atoms with Gasteiger partial charge in [0.25, 0.3) is 0 Å². The van der Waals surface area contributed by atoms with E-state index in [0.717, 1.165) is 18.2 Å². The normalized spacial score (nSPS) is 11.3. The number of anilines is 1. The van der Waals surface area contributed by atoms with Crippen molar-refractivity contribution in [2.45, 2.75) is 12.6 Å². The molecular formula is C18H17F4NO3. The van der Waals surface area contributed by atoms with Gasteiger partial charge in [0.05, 0.1) is 24.3 Å². The van der Waals surface area contributed by atoms with Gasteiger partial charge in [-0.25, -0.2) is 4.39 Å². The maximum absolute atomic E-state index is 13.6. The van der Waals surface area contributed by atoms with Crippen molar-refractivity contribution >= 4 is 11.6 Å². The van der Waals surface area contributed by atoms with Crippen molar-refractivity contribution in [3.8, 4) is 5.75 Å². The molecule has 0 heterocycles. The second-order valence-electron chi connectivity index (χ2n) is 5.37. The van der Waals surface area contributed by atoms with Crippen molar-refractivity contribution in [2.75, 3.05) is 25.6 Å². The van der Waals surface area contributed by atoms with Gasteiger partial charge >= 0.3 is 6.18 Å². The van der Waals surface area contributed by atoms with Crippen molar-refractivity contribution < 1.29 is 31.8 Å². The number of amides is 1. The molecule has 2 rings (SSSR count). The number of carbonyl (C=O) groups excluding carboxylic acids is 1. The molecule has 0 fully saturated rings. The minimum Gasteiger partial charge on any atom is -0.489 e. The summed E-state index contributed by atoms with van der Waals surface area (Å²) in [5, 5.41) is 2.35. The first kappa shape index (κ1) is 19.7. The van der Waals surface area contributed by atoms with Gasteiger partial charge in [-0.2, -0.15) is 13.2 Å². The summed E-state index contributed by atoms with van der Waals surface area (Å²) >= 11 is 0. The van der Waals surface area contributed by atoms with Crippen LogP contribution >= 0.6 is 0 Å². The fourth-order valence-electron chi connectivity index (χ4n) is 2.17. The highest BCUT2D eigenvalue weighted by Gasteiger charge is 2.31. The minimum atomic E-state index is -4.57. The van der Waals surface area contributed by atoms with Crippen LogP contribution in [0.15, 0.2) is 42.5 Å². The molecule has 0 saturated carbocycles. The maximum atomic E-state index is 13.6. The summed E-state index contributed by atoms with van der Waals surface area (Å²) in [4.78, 5) is 12.1. The molecule has 140 valence electrons. The molecule has 2 aromatic carbocycles. The molecular weight excluding hydrogens is 354 g/mol. The summed E-state index contributed by atoms with van der Waals surface area (Å²) < 4.78 is 62.5. The zero-order valence-corrected chi connectivity index (χ0v) is 13.9. The monoisotopic (exact) mass is 371 g/mol. The van der Waals surface area contributed by atoms with E-state index in [9.17, 15) is 22.4 Å². The Morgan fingerprint density at radius 3 is 2.50 bits per heavy atom. The predicted octanol–water partition coefficient (Wildman–Crippen LogP) is 4.05. The molecule has 0 aliphatic heterocycles. The van der Waals surface area contributed by atoms with Crippen LogP contribution in [0.2, 0.25) is 0 Å². The standard InChI is InChI=1S/C18H17F4NO3/c1-25-8-9-26-16-7-6-13(18(20,21)22)11-15(16)23-17(24)10-12-4-2-3-5-14(12)19/h2-7,11H,8-10H2,1H3,(H,23,24). The minimum absolute atomic E-state index is 0.0666. The van der Waals surface area contributed by atoms with Crippen LogP contribution in [-0.2, 0) is 22.1 Å². The van der Waals surface area contributed by atoms with E-state index in [-0.39, 0.29) is 36.6 Å². The molecule has 0 aliphatic rings. The number of rotatable bonds is 7. The second kappa shape index (κ2) is 8.66. The first-order valence-corrected chi connectivity index (χ1v) is 7.67. The fraction of sp³-hybridized carbons (Fsp3) is 0.278. The fourth-order valence-corrected chi connectivity index (χ4v) is 2.17. The van der Waals surface area contributed by atoms with Gasteiger partial charge in [0.1, 0.15) is 18.2 Å². The van der Waals surface area contributed by atoms with Crippen LogP contribution in [0.3, 0.4) is 0 Å². The zero-order valence-electron chi connectivity index (χ0n) is 13.9. The molecule has 0 saturated heterocycles. The molecule has 0 bridgehead atoms. The summed E-state index contributed by atoms with van der Waals surface area (Å²) in [6, 6.07) is 8.43. The van der Waals surface area contributed by atoms with Gasteiger partial charge in [0.15, 0.2) is 0 Å². The average Bonchev–Trinajstić information content (AvgIpc) is 2.57. The lowest BCUT2D eigenvalue weighted by Gasteiger charge is -2.15. The van der Waals surface area contributed by atoms with E-state index in [0.29, 0.717) is 0 Å². The number of alkyl halides is 3. The molecule has 0 atom stereocenters. The molecule has 0 radical (unpaired) electrons. The molecule has 2 aromatic rings. The first-order valence-electron chi connectivity index (χ1n) is 7.67. The molecule has 0 spiro atoms. The van der Waals surface area contributed by atoms with Crippen molar-refractivity contribution in [3.63, 3.8) is 0 Å². The number of hydrogen-bond donors (Lipinski definition) is 1. The summed E-state index contributed by atoms with van der Waals surface area (Å²) in [6.07, 6.45) is -4.89. The number of carbonyl (C=O) groups is 1. The van der Waals surface area contributed by atoms with Crippen LogP contribution in [0, 0.1) is 5.82 Å². The van der Waals surface area contributed by atoms with Gasteiger partial charge < -0.3 is 14.8 Å². The third-order valence-corrected chi connectivity index (χ3v) is 3.43. The first-order chi connectivity index (χ1) is 12.3. The Balaban J connectivity index is 2.20. The Bertz CT molecular complexity index is 762. The molecule has 0 aliphatic carbocycles. The average molecular weight is 371 g/mol. The van der Waals surface area contributed by atoms with E-state index in [1.54, 1.807) is 6.07 Å². The van der Waals surface area contributed by atoms with Crippen LogP contribution in [0.1, 0.15) is 11.1 Å². The SMILES string of the molecule is COCCOc1ccc(C(F)(F)F)cc1NC(=O)Cc1ccccc1F. The number of methoxy groups -OCH3 is 1. The zero-order chi connectivity index (χ0) is 19.2. The number of ether oxygens (including phenoxy) is 2. The largest absolute Gasteiger partial charge is 0.489 e. The van der Waals surface area contributed by atoms with Crippen LogP contribution in [0.5, 0.6) is 5.75 Å². The maximum Gasteiger partial charge on any atom is 0.416 e. The molecule has 26 heavy (non-hydrogen) atoms. The van der Waals surface area contributed by atoms with Gasteiger partial charge in [0, 0.05) is 7.11 Å². The molecule has 0 unspecified atom stereocenters. The van der Waals surface area contributed by atoms with Crippen LogP contribution in [0.25, 0.3) is 0 Å². The molecule has 4 nitrogen and oxygen atoms in total. The predicted molar refractivity (Wildman–Crippen MR) is 87.5 cm³/mol. The van der Waals surface area contributed by atoms with E-state index in [1.807, 2.05) is 0 Å². The Labute approximate surface area is 147 Å². The lowest BCUT2D eigenvalue weighted by Crippen LogP contribution is -2.17. The Morgan fingerprint density at radius 2 is 1.85 bits per heavy atom. The number of hydrogen-bond acceptors (Lipinski definition) is 3. The van der Waals surface area contributed by atoms with Crippen molar-refractivity contribution in [1.82, 2.24) is 0 Å². The Morgan fingerprint density at radius 1 is 1.12 bits per heavy atom. The smallest absolute Gasteiger partial charge is 0.416 e.